The van der Waals surface area contributed by atoms with E-state index in [0.29, 0.717) is 20.3 Å². The van der Waals surface area contributed by atoms with Gasteiger partial charge in [0.05, 0.1) is 34.3 Å². The number of ether oxygens (including phenoxy) is 1. The molecule has 1 aliphatic rings. The summed E-state index contributed by atoms with van der Waals surface area (Å²) in [6.07, 6.45) is 1.62. The number of rotatable bonds is 4. The lowest BCUT2D eigenvalue weighted by Crippen LogP contribution is -2.40. The molecule has 33 heavy (non-hydrogen) atoms. The molecule has 0 aliphatic carbocycles. The predicted molar refractivity (Wildman–Crippen MR) is 123 cm³/mol. The highest BCUT2D eigenvalue weighted by Crippen LogP contribution is 2.37. The zero-order valence-corrected chi connectivity index (χ0v) is 18.3. The van der Waals surface area contributed by atoms with E-state index < -0.39 is 17.4 Å². The zero-order valence-electron chi connectivity index (χ0n) is 17.5. The van der Waals surface area contributed by atoms with E-state index >= 15 is 0 Å². The molecule has 1 aromatic heterocycles. The van der Waals surface area contributed by atoms with Crippen molar-refractivity contribution in [3.63, 3.8) is 0 Å². The third-order valence-electron chi connectivity index (χ3n) is 5.18. The minimum Gasteiger partial charge on any atom is -0.508 e. The molecule has 2 aromatic carbocycles. The van der Waals surface area contributed by atoms with Crippen molar-refractivity contribution < 1.29 is 19.7 Å². The minimum absolute atomic E-state index is 0.0114. The van der Waals surface area contributed by atoms with Crippen LogP contribution in [-0.2, 0) is 9.53 Å². The Hall–Kier alpha value is -4.29. The van der Waals surface area contributed by atoms with Crippen LogP contribution in [0.3, 0.4) is 0 Å². The number of nitriles is 1. The molecule has 0 saturated heterocycles. The molecule has 1 aliphatic heterocycles. The number of phenols is 2. The quantitative estimate of drug-likeness (QED) is 0.498. The van der Waals surface area contributed by atoms with Crippen molar-refractivity contribution in [2.75, 3.05) is 6.61 Å². The first-order valence-electron chi connectivity index (χ1n) is 9.98. The van der Waals surface area contributed by atoms with Crippen LogP contribution >= 0.6 is 11.3 Å². The van der Waals surface area contributed by atoms with E-state index in [9.17, 15) is 25.1 Å². The molecule has 9 heteroatoms. The van der Waals surface area contributed by atoms with Crippen molar-refractivity contribution in [2.24, 2.45) is 5.73 Å². The maximum atomic E-state index is 13.2. The van der Waals surface area contributed by atoms with Gasteiger partial charge in [-0.05, 0) is 48.4 Å². The number of phenolic OH excluding ortho intramolecular Hbond substituents is 2. The number of thiazole rings is 1. The molecule has 166 valence electrons. The molecule has 0 amide bonds. The van der Waals surface area contributed by atoms with Gasteiger partial charge in [-0.25, -0.2) is 4.79 Å². The van der Waals surface area contributed by atoms with E-state index in [1.54, 1.807) is 37.3 Å². The molecular formula is C24H19N3O5S. The van der Waals surface area contributed by atoms with Gasteiger partial charge in [-0.1, -0.05) is 24.3 Å². The monoisotopic (exact) mass is 461 g/mol. The van der Waals surface area contributed by atoms with Crippen LogP contribution in [0, 0.1) is 11.3 Å². The van der Waals surface area contributed by atoms with Crippen LogP contribution in [0.15, 0.2) is 58.9 Å². The Bertz CT molecular complexity index is 1490. The highest BCUT2D eigenvalue weighted by molar-refractivity contribution is 7.07. The number of hydrogen-bond acceptors (Lipinski definition) is 8. The van der Waals surface area contributed by atoms with Crippen molar-refractivity contribution in [1.82, 2.24) is 4.57 Å². The highest BCUT2D eigenvalue weighted by atomic mass is 32.1. The first kappa shape index (κ1) is 21.9. The van der Waals surface area contributed by atoms with E-state index in [4.69, 9.17) is 10.5 Å². The lowest BCUT2D eigenvalue weighted by molar-refractivity contribution is -0.138. The van der Waals surface area contributed by atoms with Crippen LogP contribution < -0.4 is 20.5 Å². The molecule has 8 nitrogen and oxygen atoms in total. The van der Waals surface area contributed by atoms with Gasteiger partial charge < -0.3 is 20.7 Å². The zero-order chi connectivity index (χ0) is 23.7. The van der Waals surface area contributed by atoms with Gasteiger partial charge in [-0.3, -0.25) is 9.36 Å². The second-order valence-electron chi connectivity index (χ2n) is 7.22. The van der Waals surface area contributed by atoms with Crippen LogP contribution in [0.5, 0.6) is 11.5 Å². The fraction of sp³-hybridized carbons (Fsp3) is 0.125. The lowest BCUT2D eigenvalue weighted by atomic mass is 9.84. The van der Waals surface area contributed by atoms with Crippen LogP contribution in [0.25, 0.3) is 17.5 Å². The summed E-state index contributed by atoms with van der Waals surface area (Å²) in [7, 11) is 0. The molecule has 4 rings (SSSR count). The third kappa shape index (κ3) is 3.88. The van der Waals surface area contributed by atoms with Crippen molar-refractivity contribution in [3.8, 4) is 17.6 Å². The summed E-state index contributed by atoms with van der Waals surface area (Å²) in [6, 6.07) is 14.5. The Balaban J connectivity index is 2.05. The van der Waals surface area contributed by atoms with Crippen LogP contribution in [0.1, 0.15) is 24.0 Å². The van der Waals surface area contributed by atoms with Crippen LogP contribution in [0.2, 0.25) is 0 Å². The largest absolute Gasteiger partial charge is 0.508 e. The van der Waals surface area contributed by atoms with Gasteiger partial charge in [0.25, 0.3) is 5.56 Å². The number of aromatic nitrogens is 1. The van der Waals surface area contributed by atoms with Gasteiger partial charge >= 0.3 is 5.97 Å². The average molecular weight is 461 g/mol. The van der Waals surface area contributed by atoms with Crippen molar-refractivity contribution in [3.05, 3.63) is 84.8 Å². The van der Waals surface area contributed by atoms with Gasteiger partial charge in [0.1, 0.15) is 22.0 Å². The Morgan fingerprint density at radius 3 is 2.36 bits per heavy atom. The molecule has 2 heterocycles. The standard InChI is InChI=1S/C24H19N3O5S/c1-2-32-24(31)20-19(14-5-9-16(29)10-6-14)17(12-25)23-27(21(20)26)22(30)18(33-23)11-13-3-7-15(28)8-4-13/h3-11,19,28-29H,2,26H2,1H3/b18-11-. The Kier molecular flexibility index (Phi) is 5.77. The number of esters is 1. The molecule has 4 N–H and O–H groups in total. The van der Waals surface area contributed by atoms with E-state index in [1.165, 1.54) is 28.8 Å². The highest BCUT2D eigenvalue weighted by Gasteiger charge is 2.36. The predicted octanol–water partition coefficient (Wildman–Crippen LogP) is 1.31. The summed E-state index contributed by atoms with van der Waals surface area (Å²) in [6.45, 7) is 1.74. The Morgan fingerprint density at radius 1 is 1.18 bits per heavy atom. The minimum atomic E-state index is -0.866. The fourth-order valence-corrected chi connectivity index (χ4v) is 4.81. The SMILES string of the molecule is CCOC(=O)C1=C(N)n2c(s/c(=C\c3ccc(O)cc3)c2=O)=C(C#N)C1c1ccc(O)cc1. The first-order chi connectivity index (χ1) is 15.8. The molecule has 0 fully saturated rings. The van der Waals surface area contributed by atoms with Gasteiger partial charge in [-0.15, -0.1) is 11.3 Å². The summed E-state index contributed by atoms with van der Waals surface area (Å²) in [5, 5.41) is 29.2. The number of fused-ring (bicyclic) bond motifs is 1. The van der Waals surface area contributed by atoms with E-state index in [-0.39, 0.29) is 35.1 Å². The Morgan fingerprint density at radius 2 is 1.79 bits per heavy atom. The number of benzene rings is 2. The third-order valence-corrected chi connectivity index (χ3v) is 6.29. The van der Waals surface area contributed by atoms with Gasteiger partial charge in [0.15, 0.2) is 0 Å². The topological polar surface area (TPSA) is 139 Å². The summed E-state index contributed by atoms with van der Waals surface area (Å²) in [4.78, 5) is 26.1. The normalized spacial score (nSPS) is 15.8. The molecule has 0 bridgehead atoms. The average Bonchev–Trinajstić information content (AvgIpc) is 3.12. The molecule has 0 radical (unpaired) electrons. The fourth-order valence-electron chi connectivity index (χ4n) is 3.68. The number of hydrogen-bond donors (Lipinski definition) is 3. The number of carbonyl (C=O) groups excluding carboxylic acids is 1. The van der Waals surface area contributed by atoms with Gasteiger partial charge in [0.2, 0.25) is 0 Å². The van der Waals surface area contributed by atoms with Crippen molar-refractivity contribution in [1.29, 1.82) is 5.26 Å². The molecular weight excluding hydrogens is 442 g/mol. The molecule has 1 unspecified atom stereocenters. The van der Waals surface area contributed by atoms with E-state index in [1.807, 2.05) is 0 Å². The summed E-state index contributed by atoms with van der Waals surface area (Å²) in [5.41, 5.74) is 7.26. The second-order valence-corrected chi connectivity index (χ2v) is 8.25. The van der Waals surface area contributed by atoms with Gasteiger partial charge in [0, 0.05) is 0 Å². The number of nitrogens with zero attached hydrogens (tertiary/aromatic N) is 2. The van der Waals surface area contributed by atoms with E-state index in [0.717, 1.165) is 11.3 Å². The summed E-state index contributed by atoms with van der Waals surface area (Å²) >= 11 is 1.08. The first-order valence-corrected chi connectivity index (χ1v) is 10.8. The second kappa shape index (κ2) is 8.68. The van der Waals surface area contributed by atoms with E-state index in [2.05, 4.69) is 6.07 Å². The maximum Gasteiger partial charge on any atom is 0.338 e. The number of nitrogens with two attached hydrogens (primary N) is 1. The van der Waals surface area contributed by atoms with Crippen LogP contribution in [0.4, 0.5) is 0 Å². The maximum absolute atomic E-state index is 13.2. The number of aromatic hydroxyl groups is 2. The lowest BCUT2D eigenvalue weighted by Gasteiger charge is -2.25. The summed E-state index contributed by atoms with van der Waals surface area (Å²) < 4.78 is 6.98. The summed E-state index contributed by atoms with van der Waals surface area (Å²) in [5.74, 6) is -1.58. The number of carbonyl (C=O) groups is 1. The van der Waals surface area contributed by atoms with Crippen LogP contribution in [-0.4, -0.2) is 27.4 Å². The van der Waals surface area contributed by atoms with Crippen molar-refractivity contribution in [2.45, 2.75) is 12.8 Å². The van der Waals surface area contributed by atoms with Gasteiger partial charge in [-0.2, -0.15) is 5.26 Å². The molecule has 0 spiro atoms. The Labute approximate surface area is 192 Å². The van der Waals surface area contributed by atoms with Crippen molar-refractivity contribution >= 4 is 34.8 Å². The smallest absolute Gasteiger partial charge is 0.338 e. The molecule has 3 aromatic rings. The molecule has 0 saturated carbocycles. The molecule has 1 atom stereocenters.